The second-order valence-electron chi connectivity index (χ2n) is 6.33. The van der Waals surface area contributed by atoms with Crippen LogP contribution in [0.4, 0.5) is 18.9 Å². The van der Waals surface area contributed by atoms with Crippen molar-refractivity contribution in [3.63, 3.8) is 0 Å². The molecule has 8 nitrogen and oxygen atoms in total. The Morgan fingerprint density at radius 3 is 2.55 bits per heavy atom. The minimum Gasteiger partial charge on any atom is -0.493 e. The third-order valence-corrected chi connectivity index (χ3v) is 6.34. The van der Waals surface area contributed by atoms with Crippen molar-refractivity contribution >= 4 is 21.6 Å². The number of rotatable bonds is 7. The van der Waals surface area contributed by atoms with E-state index in [1.807, 2.05) is 0 Å². The molecule has 1 aliphatic heterocycles. The molecule has 0 aromatic heterocycles. The summed E-state index contributed by atoms with van der Waals surface area (Å²) in [7, 11) is -2.95. The lowest BCUT2D eigenvalue weighted by Crippen LogP contribution is -2.40. The largest absolute Gasteiger partial charge is 0.493 e. The molecule has 1 saturated heterocycles. The first-order valence-corrected chi connectivity index (χ1v) is 10.5. The number of sulfonamides is 1. The van der Waals surface area contributed by atoms with Gasteiger partial charge in [0.1, 0.15) is 10.7 Å². The molecule has 1 heterocycles. The summed E-state index contributed by atoms with van der Waals surface area (Å²) in [5.41, 5.74) is -0.328. The van der Waals surface area contributed by atoms with Crippen LogP contribution in [0.2, 0.25) is 0 Å². The molecule has 1 N–H and O–H groups in total. The van der Waals surface area contributed by atoms with Gasteiger partial charge in [-0.05, 0) is 30.3 Å². The molecule has 0 spiro atoms. The van der Waals surface area contributed by atoms with E-state index in [9.17, 15) is 26.4 Å². The number of nitrogens with zero attached hydrogens (tertiary/aromatic N) is 1. The van der Waals surface area contributed by atoms with E-state index in [0.29, 0.717) is 0 Å². The van der Waals surface area contributed by atoms with E-state index in [1.165, 1.54) is 25.3 Å². The van der Waals surface area contributed by atoms with Gasteiger partial charge in [-0.1, -0.05) is 6.07 Å². The Hall–Kier alpha value is -2.83. The fourth-order valence-electron chi connectivity index (χ4n) is 2.97. The number of ether oxygens (including phenoxy) is 3. The van der Waals surface area contributed by atoms with Gasteiger partial charge in [0.15, 0.2) is 11.5 Å². The number of para-hydroxylation sites is 1. The number of alkyl halides is 2. The number of carbonyl (C=O) groups is 1. The highest BCUT2D eigenvalue weighted by molar-refractivity contribution is 7.89. The zero-order valence-electron chi connectivity index (χ0n) is 16.3. The summed E-state index contributed by atoms with van der Waals surface area (Å²) in [6.45, 7) is -2.72. The standard InChI is InChI=1S/C19H19F3N2O6S/c1-28-15-4-2-3-13(17(15)30-19(21)22)18(25)23-12-5-6-14(20)16(11-12)31(26,27)24-7-9-29-10-8-24/h2-6,11,19H,7-10H2,1H3,(H,23,25). The Balaban J connectivity index is 1.91. The minimum absolute atomic E-state index is 0.0518. The molecule has 0 saturated carbocycles. The highest BCUT2D eigenvalue weighted by atomic mass is 32.2. The summed E-state index contributed by atoms with van der Waals surface area (Å²) in [5.74, 6) is -2.45. The van der Waals surface area contributed by atoms with Crippen LogP contribution in [0.3, 0.4) is 0 Å². The van der Waals surface area contributed by atoms with Gasteiger partial charge in [-0.25, -0.2) is 12.8 Å². The number of morpholine rings is 1. The van der Waals surface area contributed by atoms with E-state index in [-0.39, 0.29) is 43.3 Å². The molecule has 31 heavy (non-hydrogen) atoms. The van der Waals surface area contributed by atoms with Crippen LogP contribution in [-0.4, -0.2) is 58.7 Å². The monoisotopic (exact) mass is 460 g/mol. The van der Waals surface area contributed by atoms with Gasteiger partial charge >= 0.3 is 6.61 Å². The highest BCUT2D eigenvalue weighted by Crippen LogP contribution is 2.33. The highest BCUT2D eigenvalue weighted by Gasteiger charge is 2.29. The number of halogens is 3. The van der Waals surface area contributed by atoms with E-state index in [1.54, 1.807) is 0 Å². The quantitative estimate of drug-likeness (QED) is 0.683. The molecule has 0 atom stereocenters. The summed E-state index contributed by atoms with van der Waals surface area (Å²) < 4.78 is 81.0. The summed E-state index contributed by atoms with van der Waals surface area (Å²) in [6.07, 6.45) is 0. The molecule has 168 valence electrons. The zero-order valence-corrected chi connectivity index (χ0v) is 17.1. The number of amides is 1. The maximum Gasteiger partial charge on any atom is 0.387 e. The average molecular weight is 460 g/mol. The molecule has 2 aromatic rings. The van der Waals surface area contributed by atoms with Crippen LogP contribution < -0.4 is 14.8 Å². The Labute approximate surface area is 176 Å². The molecular weight excluding hydrogens is 441 g/mol. The molecule has 2 aromatic carbocycles. The molecular formula is C19H19F3N2O6S. The summed E-state index contributed by atoms with van der Waals surface area (Å²) >= 11 is 0. The fourth-order valence-corrected chi connectivity index (χ4v) is 4.47. The van der Waals surface area contributed by atoms with Gasteiger partial charge in [0.2, 0.25) is 10.0 Å². The number of carbonyl (C=O) groups excluding carboxylic acids is 1. The lowest BCUT2D eigenvalue weighted by atomic mass is 10.1. The second-order valence-corrected chi connectivity index (χ2v) is 8.24. The van der Waals surface area contributed by atoms with Crippen LogP contribution in [0, 0.1) is 5.82 Å². The van der Waals surface area contributed by atoms with Crippen molar-refractivity contribution < 1.29 is 40.6 Å². The van der Waals surface area contributed by atoms with E-state index >= 15 is 0 Å². The molecule has 1 amide bonds. The SMILES string of the molecule is COc1cccc(C(=O)Nc2ccc(F)c(S(=O)(=O)N3CCOCC3)c2)c1OC(F)F. The van der Waals surface area contributed by atoms with Gasteiger partial charge in [-0.3, -0.25) is 4.79 Å². The lowest BCUT2D eigenvalue weighted by Gasteiger charge is -2.26. The van der Waals surface area contributed by atoms with Crippen molar-refractivity contribution in [1.82, 2.24) is 4.31 Å². The summed E-state index contributed by atoms with van der Waals surface area (Å²) in [5, 5.41) is 2.37. The fraction of sp³-hybridized carbons (Fsp3) is 0.316. The number of anilines is 1. The van der Waals surface area contributed by atoms with Gasteiger partial charge in [-0.15, -0.1) is 0 Å². The first kappa shape index (κ1) is 22.8. The van der Waals surface area contributed by atoms with Gasteiger partial charge < -0.3 is 19.5 Å². The molecule has 0 bridgehead atoms. The zero-order chi connectivity index (χ0) is 22.6. The van der Waals surface area contributed by atoms with Crippen molar-refractivity contribution in [3.05, 3.63) is 47.8 Å². The first-order chi connectivity index (χ1) is 14.7. The van der Waals surface area contributed by atoms with Crippen LogP contribution in [-0.2, 0) is 14.8 Å². The lowest BCUT2D eigenvalue weighted by molar-refractivity contribution is -0.0515. The van der Waals surface area contributed by atoms with Crippen LogP contribution in [0.25, 0.3) is 0 Å². The predicted molar refractivity (Wildman–Crippen MR) is 104 cm³/mol. The maximum atomic E-state index is 14.3. The molecule has 3 rings (SSSR count). The van der Waals surface area contributed by atoms with Crippen molar-refractivity contribution in [2.75, 3.05) is 38.7 Å². The smallest absolute Gasteiger partial charge is 0.387 e. The van der Waals surface area contributed by atoms with E-state index in [2.05, 4.69) is 10.1 Å². The number of benzene rings is 2. The number of hydrogen-bond donors (Lipinski definition) is 1. The van der Waals surface area contributed by atoms with Crippen LogP contribution in [0.1, 0.15) is 10.4 Å². The van der Waals surface area contributed by atoms with Gasteiger partial charge in [0.05, 0.1) is 25.9 Å². The van der Waals surface area contributed by atoms with E-state index in [0.717, 1.165) is 22.5 Å². The second kappa shape index (κ2) is 9.54. The third kappa shape index (κ3) is 5.09. The van der Waals surface area contributed by atoms with Crippen LogP contribution in [0.5, 0.6) is 11.5 Å². The Bertz CT molecular complexity index is 1060. The molecule has 1 fully saturated rings. The van der Waals surface area contributed by atoms with Crippen molar-refractivity contribution in [2.45, 2.75) is 11.5 Å². The molecule has 0 aliphatic carbocycles. The average Bonchev–Trinajstić information content (AvgIpc) is 2.75. The van der Waals surface area contributed by atoms with Crippen LogP contribution >= 0.6 is 0 Å². The third-order valence-electron chi connectivity index (χ3n) is 4.43. The van der Waals surface area contributed by atoms with E-state index in [4.69, 9.17) is 9.47 Å². The number of nitrogens with one attached hydrogen (secondary N) is 1. The normalized spacial score (nSPS) is 15.0. The van der Waals surface area contributed by atoms with Gasteiger partial charge in [-0.2, -0.15) is 13.1 Å². The Morgan fingerprint density at radius 1 is 1.19 bits per heavy atom. The van der Waals surface area contributed by atoms with Crippen molar-refractivity contribution in [2.24, 2.45) is 0 Å². The van der Waals surface area contributed by atoms with Crippen LogP contribution in [0.15, 0.2) is 41.3 Å². The van der Waals surface area contributed by atoms with Crippen molar-refractivity contribution in [3.8, 4) is 11.5 Å². The van der Waals surface area contributed by atoms with Crippen molar-refractivity contribution in [1.29, 1.82) is 0 Å². The minimum atomic E-state index is -4.17. The molecule has 0 unspecified atom stereocenters. The first-order valence-electron chi connectivity index (χ1n) is 9.04. The topological polar surface area (TPSA) is 94.2 Å². The van der Waals surface area contributed by atoms with E-state index < -0.39 is 39.0 Å². The Kier molecular flexibility index (Phi) is 7.03. The number of hydrogen-bond acceptors (Lipinski definition) is 6. The molecule has 12 heteroatoms. The predicted octanol–water partition coefficient (Wildman–Crippen LogP) is 2.71. The molecule has 1 aliphatic rings. The Morgan fingerprint density at radius 2 is 1.90 bits per heavy atom. The summed E-state index contributed by atoms with van der Waals surface area (Å²) in [6, 6.07) is 6.96. The van der Waals surface area contributed by atoms with Gasteiger partial charge in [0, 0.05) is 18.8 Å². The number of methoxy groups -OCH3 is 1. The summed E-state index contributed by atoms with van der Waals surface area (Å²) in [4.78, 5) is 12.0. The molecule has 0 radical (unpaired) electrons. The maximum absolute atomic E-state index is 14.3. The van der Waals surface area contributed by atoms with Gasteiger partial charge in [0.25, 0.3) is 5.91 Å².